The highest BCUT2D eigenvalue weighted by molar-refractivity contribution is 7.47. The van der Waals surface area contributed by atoms with Gasteiger partial charge in [-0.05, 0) is 70.6 Å². The molecule has 0 aromatic carbocycles. The van der Waals surface area contributed by atoms with Gasteiger partial charge in [-0.15, -0.1) is 0 Å². The van der Waals surface area contributed by atoms with Crippen LogP contribution >= 0.6 is 15.6 Å². The van der Waals surface area contributed by atoms with Gasteiger partial charge in [-0.3, -0.25) is 28.0 Å². The molecule has 1 unspecified atom stereocenters. The number of hydrogen-bond donors (Lipinski definition) is 9. The van der Waals surface area contributed by atoms with E-state index >= 15 is 0 Å². The number of ether oxygens (including phenoxy) is 2. The van der Waals surface area contributed by atoms with E-state index in [1.807, 2.05) is 25.2 Å². The van der Waals surface area contributed by atoms with Crippen molar-refractivity contribution >= 4 is 33.4 Å². The highest BCUT2D eigenvalue weighted by Crippen LogP contribution is 2.49. The van der Waals surface area contributed by atoms with Crippen molar-refractivity contribution < 1.29 is 91.9 Å². The van der Waals surface area contributed by atoms with Crippen molar-refractivity contribution in [1.29, 1.82) is 0 Å². The molecular weight excluding hydrogens is 978 g/mol. The van der Waals surface area contributed by atoms with Crippen molar-refractivity contribution in [1.82, 2.24) is 0 Å². The second-order valence-electron chi connectivity index (χ2n) is 18.0. The molecule has 1 heterocycles. The Morgan fingerprint density at radius 3 is 2.01 bits per heavy atom. The van der Waals surface area contributed by atoms with Gasteiger partial charge >= 0.3 is 27.6 Å². The van der Waals surface area contributed by atoms with E-state index in [4.69, 9.17) is 23.0 Å². The number of phosphoric acid groups is 2. The van der Waals surface area contributed by atoms with Crippen LogP contribution in [0.2, 0.25) is 0 Å². The average Bonchev–Trinajstić information content (AvgIpc) is 3.32. The fraction of sp³-hybridized carbons (Fsp3) is 0.667. The minimum Gasteiger partial charge on any atom is -0.462 e. The van der Waals surface area contributed by atoms with Crippen LogP contribution in [0.1, 0.15) is 136 Å². The Labute approximate surface area is 424 Å². The number of fused-ring (bicyclic) bond motifs is 4. The van der Waals surface area contributed by atoms with Gasteiger partial charge in [0.25, 0.3) is 0 Å². The molecule has 2 rings (SSSR count). The summed E-state index contributed by atoms with van der Waals surface area (Å²) in [6.07, 6.45) is 15.5. The Balaban J connectivity index is 2.31. The molecule has 0 spiro atoms. The molecule has 19 nitrogen and oxygen atoms in total. The first-order chi connectivity index (χ1) is 34.3. The molecule has 0 saturated heterocycles. The third kappa shape index (κ3) is 27.9. The van der Waals surface area contributed by atoms with E-state index in [-0.39, 0.29) is 44.9 Å². The number of rotatable bonds is 24. The maximum absolute atomic E-state index is 13.9. The van der Waals surface area contributed by atoms with E-state index in [1.165, 1.54) is 25.3 Å². The number of esters is 2. The highest BCUT2D eigenvalue weighted by atomic mass is 31.2. The van der Waals surface area contributed by atoms with Crippen LogP contribution in [-0.4, -0.2) is 131 Å². The molecular formula is C51H82O19P2. The Hall–Kier alpha value is -3.23. The smallest absolute Gasteiger partial charge is 0.462 e. The van der Waals surface area contributed by atoms with Gasteiger partial charge in [-0.25, -0.2) is 9.13 Å². The molecule has 2 bridgehead atoms. The molecule has 410 valence electrons. The normalized spacial score (nSPS) is 30.3. The molecule has 9 N–H and O–H groups in total. The van der Waals surface area contributed by atoms with Crippen molar-refractivity contribution in [3.05, 3.63) is 85.1 Å². The van der Waals surface area contributed by atoms with E-state index in [2.05, 4.69) is 43.4 Å². The molecule has 2 aliphatic rings. The molecule has 72 heavy (non-hydrogen) atoms. The summed E-state index contributed by atoms with van der Waals surface area (Å²) in [4.78, 5) is 70.7. The van der Waals surface area contributed by atoms with Gasteiger partial charge in [0.15, 0.2) is 6.10 Å². The quantitative estimate of drug-likeness (QED) is 0.0209. The lowest BCUT2D eigenvalue weighted by molar-refractivity contribution is -0.165. The standard InChI is InChI=1S/C51H82O19P2/c1-3-5-7-8-9-10-11-12-13-14-15-16-17-18-19-20-21-22-28-32-45(56)68-39-36-66-44(55)31-27-24-23-26-30-40-42(53)35-43(54)41(34-33-38(52)29-25-6-4-2)47(58)50(69-71(61,62)63)51(49(60)48(59)46(40)57)70-72(64,65)67-37-39/h9-10,12-13,15-16,18-19,21-23,26,33-34,38-42,46-53,57-60H,3-8,11,14,17,20,24-25,27-32,35-37H2,1-2H3,(H,64,65)(H2,61,62,63)/b10-9-,13-12-,16-15-,19-18-,22-21-,26-23-,34-33+/t38-,39+,40-,41-,42-,46+,47+,48-,49+,50+,51-/m0/s1. The second-order valence-corrected chi connectivity index (χ2v) is 20.6. The highest BCUT2D eigenvalue weighted by Gasteiger charge is 2.51. The Morgan fingerprint density at radius 2 is 1.40 bits per heavy atom. The number of allylic oxidation sites excluding steroid dienone is 12. The number of aliphatic hydroxyl groups excluding tert-OH is 6. The van der Waals surface area contributed by atoms with Crippen LogP contribution in [0.4, 0.5) is 0 Å². The zero-order chi connectivity index (χ0) is 53.4. The van der Waals surface area contributed by atoms with E-state index < -0.39 is 120 Å². The minimum absolute atomic E-state index is 0.126. The second kappa shape index (κ2) is 36.7. The Kier molecular flexibility index (Phi) is 33.0. The summed E-state index contributed by atoms with van der Waals surface area (Å²) in [5.74, 6) is -5.94. The average molecular weight is 1060 g/mol. The first kappa shape index (κ1) is 64.9. The summed E-state index contributed by atoms with van der Waals surface area (Å²) in [5.41, 5.74) is 0. The Morgan fingerprint density at radius 1 is 0.806 bits per heavy atom. The van der Waals surface area contributed by atoms with Crippen LogP contribution in [0.5, 0.6) is 0 Å². The number of phosphoric ester groups is 2. The van der Waals surface area contributed by atoms with Gasteiger partial charge in [0.05, 0.1) is 36.9 Å². The maximum atomic E-state index is 13.9. The molecule has 0 amide bonds. The number of aliphatic hydroxyl groups is 6. The lowest BCUT2D eigenvalue weighted by atomic mass is 9.83. The van der Waals surface area contributed by atoms with Crippen molar-refractivity contribution in [2.45, 2.75) is 191 Å². The van der Waals surface area contributed by atoms with Crippen molar-refractivity contribution in [3.8, 4) is 0 Å². The third-order valence-electron chi connectivity index (χ3n) is 11.8. The summed E-state index contributed by atoms with van der Waals surface area (Å²) in [7, 11) is -11.5. The van der Waals surface area contributed by atoms with Crippen LogP contribution in [0, 0.1) is 11.8 Å². The predicted molar refractivity (Wildman–Crippen MR) is 269 cm³/mol. The lowest BCUT2D eigenvalue weighted by Crippen LogP contribution is -2.56. The van der Waals surface area contributed by atoms with Gasteiger partial charge in [-0.1, -0.05) is 131 Å². The van der Waals surface area contributed by atoms with E-state index in [1.54, 1.807) is 12.2 Å². The first-order valence-corrected chi connectivity index (χ1v) is 28.3. The summed E-state index contributed by atoms with van der Waals surface area (Å²) in [6, 6.07) is 0. The van der Waals surface area contributed by atoms with Crippen LogP contribution in [-0.2, 0) is 46.6 Å². The van der Waals surface area contributed by atoms with Gasteiger partial charge in [-0.2, -0.15) is 0 Å². The zero-order valence-corrected chi connectivity index (χ0v) is 43.6. The predicted octanol–water partition coefficient (Wildman–Crippen LogP) is 6.76. The van der Waals surface area contributed by atoms with Crippen molar-refractivity contribution in [3.63, 3.8) is 0 Å². The van der Waals surface area contributed by atoms with E-state index in [0.29, 0.717) is 12.8 Å². The summed E-state index contributed by atoms with van der Waals surface area (Å²) >= 11 is 0. The molecule has 12 atom stereocenters. The van der Waals surface area contributed by atoms with Crippen molar-refractivity contribution in [2.75, 3.05) is 13.2 Å². The Bertz CT molecular complexity index is 1870. The zero-order valence-electron chi connectivity index (χ0n) is 41.8. The fourth-order valence-electron chi connectivity index (χ4n) is 7.77. The third-order valence-corrected chi connectivity index (χ3v) is 13.3. The van der Waals surface area contributed by atoms with Crippen molar-refractivity contribution in [2.24, 2.45) is 11.8 Å². The maximum Gasteiger partial charge on any atom is 0.472 e. The monoisotopic (exact) mass is 1060 g/mol. The number of carbonyl (C=O) groups excluding carboxylic acids is 3. The molecule has 0 aromatic rings. The summed E-state index contributed by atoms with van der Waals surface area (Å²) < 4.78 is 52.1. The topological polar surface area (TPSA) is 314 Å². The van der Waals surface area contributed by atoms with Crippen LogP contribution in [0.25, 0.3) is 0 Å². The first-order valence-electron chi connectivity index (χ1n) is 25.2. The van der Waals surface area contributed by atoms with Crippen LogP contribution < -0.4 is 0 Å². The number of Topliss-reactive ketones (excluding diaryl/α,β-unsaturated/α-hetero) is 1. The summed E-state index contributed by atoms with van der Waals surface area (Å²) in [6.45, 7) is 2.44. The van der Waals surface area contributed by atoms with Gasteiger partial charge in [0.2, 0.25) is 0 Å². The molecule has 0 radical (unpaired) electrons. The molecule has 1 aliphatic heterocycles. The minimum atomic E-state index is -5.81. The number of hydrogen-bond acceptors (Lipinski definition) is 16. The molecule has 21 heteroatoms. The lowest BCUT2D eigenvalue weighted by Gasteiger charge is -2.38. The molecule has 1 aliphatic carbocycles. The van der Waals surface area contributed by atoms with E-state index in [9.17, 15) is 68.8 Å². The number of cyclic esters (lactones) is 1. The van der Waals surface area contributed by atoms with E-state index in [0.717, 1.165) is 50.7 Å². The van der Waals surface area contributed by atoms with Crippen LogP contribution in [0.3, 0.4) is 0 Å². The van der Waals surface area contributed by atoms with Gasteiger partial charge in [0, 0.05) is 25.2 Å². The molecule has 0 aromatic heterocycles. The number of ketones is 1. The molecule has 1 saturated carbocycles. The number of unbranched alkanes of at least 4 members (excludes halogenated alkanes) is 5. The SMILES string of the molecule is CCCCC/C=C\C/C=C\C/C=C\C/C=C\C/C=C\CCC(=O)O[C@@H]1COC(=O)CCC/C=C\C[C@@H]2[C@@H](O)[C@H](O)[C@@H](O)[C@H](OP(=O)(O)OC1)[C@H](OP(=O)(O)O)[C@H](O)[C@@H](/C=C/[C@@H](O)CCCCC)C(=O)C[C@@H]2O. The van der Waals surface area contributed by atoms with Gasteiger partial charge in [0.1, 0.15) is 36.8 Å². The molecule has 1 fully saturated rings. The fourth-order valence-corrected chi connectivity index (χ4v) is 9.30. The van der Waals surface area contributed by atoms with Gasteiger partial charge < -0.3 is 54.8 Å². The largest absolute Gasteiger partial charge is 0.472 e. The van der Waals surface area contributed by atoms with Crippen LogP contribution in [0.15, 0.2) is 85.1 Å². The number of carbonyl (C=O) groups is 3. The summed E-state index contributed by atoms with van der Waals surface area (Å²) in [5, 5.41) is 68.1.